The van der Waals surface area contributed by atoms with Crippen LogP contribution in [0.5, 0.6) is 0 Å². The van der Waals surface area contributed by atoms with Gasteiger partial charge < -0.3 is 14.5 Å². The number of hydrogen-bond acceptors (Lipinski definition) is 4. The molecular weight excluding hydrogens is 192 g/mol. The molecule has 1 aliphatic rings. The van der Waals surface area contributed by atoms with E-state index in [1.54, 1.807) is 0 Å². The second-order valence-electron chi connectivity index (χ2n) is 4.01. The number of ether oxygens (including phenoxy) is 1. The summed E-state index contributed by atoms with van der Waals surface area (Å²) >= 11 is 0. The molecule has 1 aromatic heterocycles. The van der Waals surface area contributed by atoms with E-state index in [4.69, 9.17) is 9.15 Å². The van der Waals surface area contributed by atoms with Crippen molar-refractivity contribution in [2.45, 2.75) is 39.4 Å². The van der Waals surface area contributed by atoms with Gasteiger partial charge in [0.1, 0.15) is 12.4 Å². The molecule has 84 valence electrons. The van der Waals surface area contributed by atoms with Gasteiger partial charge in [0.15, 0.2) is 0 Å². The maximum Gasteiger partial charge on any atom is 0.220 e. The van der Waals surface area contributed by atoms with Gasteiger partial charge in [-0.05, 0) is 39.8 Å². The zero-order chi connectivity index (χ0) is 10.7. The Bertz CT molecular complexity index is 297. The lowest BCUT2D eigenvalue weighted by atomic mass is 10.1. The zero-order valence-electron chi connectivity index (χ0n) is 9.38. The van der Waals surface area contributed by atoms with E-state index in [2.05, 4.69) is 10.3 Å². The Morgan fingerprint density at radius 3 is 2.73 bits per heavy atom. The fraction of sp³-hybridized carbons (Fsp3) is 0.727. The van der Waals surface area contributed by atoms with Crippen LogP contribution in [0, 0.1) is 13.8 Å². The van der Waals surface area contributed by atoms with Gasteiger partial charge in [0.2, 0.25) is 5.89 Å². The molecule has 0 unspecified atom stereocenters. The molecule has 1 fully saturated rings. The molecule has 2 heterocycles. The molecule has 1 aromatic rings. The largest absolute Gasteiger partial charge is 0.443 e. The molecule has 4 heteroatoms. The minimum absolute atomic E-state index is 0.360. The van der Waals surface area contributed by atoms with Gasteiger partial charge in [0.25, 0.3) is 0 Å². The number of rotatable bonds is 3. The molecule has 0 spiro atoms. The van der Waals surface area contributed by atoms with Crippen molar-refractivity contribution in [1.29, 1.82) is 0 Å². The second-order valence-corrected chi connectivity index (χ2v) is 4.01. The molecule has 0 atom stereocenters. The first-order chi connectivity index (χ1) is 7.25. The zero-order valence-corrected chi connectivity index (χ0v) is 9.38. The second kappa shape index (κ2) is 4.77. The van der Waals surface area contributed by atoms with E-state index in [-0.39, 0.29) is 0 Å². The van der Waals surface area contributed by atoms with E-state index in [1.807, 2.05) is 13.8 Å². The fourth-order valence-corrected chi connectivity index (χ4v) is 1.75. The highest BCUT2D eigenvalue weighted by molar-refractivity contribution is 5.04. The molecule has 2 rings (SSSR count). The van der Waals surface area contributed by atoms with E-state index in [0.717, 1.165) is 37.4 Å². The lowest BCUT2D eigenvalue weighted by Crippen LogP contribution is -2.32. The highest BCUT2D eigenvalue weighted by Crippen LogP contribution is 2.13. The molecule has 0 aromatic carbocycles. The molecule has 1 saturated heterocycles. The van der Waals surface area contributed by atoms with E-state index in [9.17, 15) is 0 Å². The first-order valence-electron chi connectivity index (χ1n) is 5.51. The average Bonchev–Trinajstić information content (AvgIpc) is 2.57. The van der Waals surface area contributed by atoms with Crippen LogP contribution in [0.2, 0.25) is 0 Å². The van der Waals surface area contributed by atoms with Crippen molar-refractivity contribution in [2.24, 2.45) is 0 Å². The molecule has 0 amide bonds. The number of oxazole rings is 1. The van der Waals surface area contributed by atoms with Crippen LogP contribution in [-0.2, 0) is 11.3 Å². The first kappa shape index (κ1) is 10.6. The molecule has 0 radical (unpaired) electrons. The van der Waals surface area contributed by atoms with Crippen LogP contribution < -0.4 is 5.32 Å². The van der Waals surface area contributed by atoms with Gasteiger partial charge >= 0.3 is 0 Å². The minimum Gasteiger partial charge on any atom is -0.443 e. The summed E-state index contributed by atoms with van der Waals surface area (Å²) < 4.78 is 11.2. The van der Waals surface area contributed by atoms with E-state index in [1.165, 1.54) is 0 Å². The number of nitrogens with one attached hydrogen (secondary N) is 1. The number of nitrogens with zero attached hydrogens (tertiary/aromatic N) is 1. The quantitative estimate of drug-likeness (QED) is 0.822. The van der Waals surface area contributed by atoms with Gasteiger partial charge in [-0.3, -0.25) is 0 Å². The maximum absolute atomic E-state index is 5.74. The number of aromatic nitrogens is 1. The van der Waals surface area contributed by atoms with Gasteiger partial charge in [0, 0.05) is 0 Å². The van der Waals surface area contributed by atoms with Crippen LogP contribution in [0.3, 0.4) is 0 Å². The minimum atomic E-state index is 0.360. The third kappa shape index (κ3) is 2.79. The third-order valence-corrected chi connectivity index (χ3v) is 2.80. The highest BCUT2D eigenvalue weighted by atomic mass is 16.5. The molecule has 0 aliphatic carbocycles. The van der Waals surface area contributed by atoms with Crippen molar-refractivity contribution >= 4 is 0 Å². The normalized spacial score (nSPS) is 18.3. The van der Waals surface area contributed by atoms with Crippen molar-refractivity contribution in [3.63, 3.8) is 0 Å². The summed E-state index contributed by atoms with van der Waals surface area (Å²) in [5.74, 6) is 1.59. The lowest BCUT2D eigenvalue weighted by molar-refractivity contribution is 0.0104. The van der Waals surface area contributed by atoms with Crippen molar-refractivity contribution in [3.8, 4) is 0 Å². The maximum atomic E-state index is 5.74. The SMILES string of the molecule is Cc1nc(COC2CCNCC2)oc1C. The Kier molecular flexibility index (Phi) is 3.38. The molecule has 1 aliphatic heterocycles. The monoisotopic (exact) mass is 210 g/mol. The lowest BCUT2D eigenvalue weighted by Gasteiger charge is -2.22. The predicted octanol–water partition coefficient (Wildman–Crippen LogP) is 1.56. The number of aryl methyl sites for hydroxylation is 2. The molecule has 0 saturated carbocycles. The molecular formula is C11H18N2O2. The van der Waals surface area contributed by atoms with Gasteiger partial charge in [-0.15, -0.1) is 0 Å². The summed E-state index contributed by atoms with van der Waals surface area (Å²) in [5, 5.41) is 3.31. The van der Waals surface area contributed by atoms with Gasteiger partial charge in [-0.2, -0.15) is 0 Å². The Labute approximate surface area is 90.0 Å². The van der Waals surface area contributed by atoms with Crippen LogP contribution in [0.1, 0.15) is 30.2 Å². The van der Waals surface area contributed by atoms with E-state index in [0.29, 0.717) is 18.6 Å². The summed E-state index contributed by atoms with van der Waals surface area (Å²) in [6.07, 6.45) is 2.52. The third-order valence-electron chi connectivity index (χ3n) is 2.80. The summed E-state index contributed by atoms with van der Waals surface area (Å²) in [5.41, 5.74) is 0.957. The number of hydrogen-bond donors (Lipinski definition) is 1. The Balaban J connectivity index is 1.81. The summed E-state index contributed by atoms with van der Waals surface area (Å²) in [6.45, 7) is 6.48. The number of piperidine rings is 1. The van der Waals surface area contributed by atoms with Crippen LogP contribution in [0.15, 0.2) is 4.42 Å². The van der Waals surface area contributed by atoms with E-state index >= 15 is 0 Å². The van der Waals surface area contributed by atoms with Gasteiger partial charge in [-0.25, -0.2) is 4.98 Å². The summed E-state index contributed by atoms with van der Waals surface area (Å²) in [6, 6.07) is 0. The Hall–Kier alpha value is -0.870. The fourth-order valence-electron chi connectivity index (χ4n) is 1.75. The molecule has 1 N–H and O–H groups in total. The van der Waals surface area contributed by atoms with Crippen LogP contribution in [-0.4, -0.2) is 24.2 Å². The van der Waals surface area contributed by atoms with Crippen LogP contribution in [0.25, 0.3) is 0 Å². The van der Waals surface area contributed by atoms with Gasteiger partial charge in [0.05, 0.1) is 11.8 Å². The smallest absolute Gasteiger partial charge is 0.220 e. The molecule has 0 bridgehead atoms. The van der Waals surface area contributed by atoms with E-state index < -0.39 is 0 Å². The topological polar surface area (TPSA) is 47.3 Å². The van der Waals surface area contributed by atoms with Crippen molar-refractivity contribution in [2.75, 3.05) is 13.1 Å². The first-order valence-corrected chi connectivity index (χ1v) is 5.51. The summed E-state index contributed by atoms with van der Waals surface area (Å²) in [7, 11) is 0. The molecule has 4 nitrogen and oxygen atoms in total. The van der Waals surface area contributed by atoms with Crippen molar-refractivity contribution < 1.29 is 9.15 Å². The predicted molar refractivity (Wildman–Crippen MR) is 56.7 cm³/mol. The molecule has 15 heavy (non-hydrogen) atoms. The standard InChI is InChI=1S/C11H18N2O2/c1-8-9(2)15-11(13-8)7-14-10-3-5-12-6-4-10/h10,12H,3-7H2,1-2H3. The van der Waals surface area contributed by atoms with Crippen molar-refractivity contribution in [1.82, 2.24) is 10.3 Å². The van der Waals surface area contributed by atoms with Gasteiger partial charge in [-0.1, -0.05) is 0 Å². The average molecular weight is 210 g/mol. The van der Waals surface area contributed by atoms with Crippen molar-refractivity contribution in [3.05, 3.63) is 17.3 Å². The Morgan fingerprint density at radius 2 is 2.13 bits per heavy atom. The van der Waals surface area contributed by atoms with Crippen LogP contribution in [0.4, 0.5) is 0 Å². The highest BCUT2D eigenvalue weighted by Gasteiger charge is 2.14. The van der Waals surface area contributed by atoms with Crippen LogP contribution >= 0.6 is 0 Å². The Morgan fingerprint density at radius 1 is 1.40 bits per heavy atom. The summed E-state index contributed by atoms with van der Waals surface area (Å²) in [4.78, 5) is 4.29.